The largest absolute Gasteiger partial charge is 0.414 e. The molecule has 274 valence electrons. The number of nitrogens with one attached hydrogen (secondary N) is 1. The van der Waals surface area contributed by atoms with Crippen LogP contribution in [0.3, 0.4) is 0 Å². The standard InChI is InChI=1S/C40H40F2N4O5SSi/c1-39(2,3)53-51-40(4,5)29-21-32-33(25-46(36(32)43-23-29)52(49,50)30-13-7-6-8-14-30)28-12-9-11-26(19-28)22-44-37(47)31-15-10-18-45(38(31)48)24-27-16-17-34(41)35(42)20-27/h6-21,23,25H,22,24,53H2,1-5H3,(H,44,47). The SMILES string of the molecule is CC(C)(C)[SiH2]OC(C)(C)c1cnc2c(c1)c(-c1cccc(CNC(=O)c3cccn(Cc4ccc(F)c(F)c4)c3=O)c1)cn2S(=O)(=O)c1ccccc1. The molecule has 0 spiro atoms. The molecule has 0 aliphatic heterocycles. The van der Waals surface area contributed by atoms with Gasteiger partial charge in [-0.25, -0.2) is 26.2 Å². The second-order valence-corrected chi connectivity index (χ2v) is 19.1. The number of carbonyl (C=O) groups is 1. The van der Waals surface area contributed by atoms with Crippen LogP contribution in [0.15, 0.2) is 119 Å². The van der Waals surface area contributed by atoms with Crippen LogP contribution >= 0.6 is 0 Å². The van der Waals surface area contributed by atoms with E-state index in [-0.39, 0.29) is 34.2 Å². The van der Waals surface area contributed by atoms with E-state index >= 15 is 0 Å². The van der Waals surface area contributed by atoms with Gasteiger partial charge in [0.15, 0.2) is 27.0 Å². The van der Waals surface area contributed by atoms with Gasteiger partial charge in [-0.15, -0.1) is 0 Å². The van der Waals surface area contributed by atoms with Crippen LogP contribution in [0, 0.1) is 11.6 Å². The Labute approximate surface area is 309 Å². The van der Waals surface area contributed by atoms with Crippen molar-refractivity contribution in [3.8, 4) is 11.1 Å². The number of rotatable bonds is 11. The normalized spacial score (nSPS) is 12.5. The summed E-state index contributed by atoms with van der Waals surface area (Å²) in [5.74, 6) is -2.63. The molecule has 1 amide bonds. The number of hydrogen-bond acceptors (Lipinski definition) is 6. The first-order chi connectivity index (χ1) is 25.0. The predicted molar refractivity (Wildman–Crippen MR) is 204 cm³/mol. The molecular weight excluding hydrogens is 715 g/mol. The van der Waals surface area contributed by atoms with Gasteiger partial charge >= 0.3 is 0 Å². The topological polar surface area (TPSA) is 112 Å². The molecule has 0 fully saturated rings. The summed E-state index contributed by atoms with van der Waals surface area (Å²) in [6, 6.07) is 23.7. The Kier molecular flexibility index (Phi) is 10.4. The second-order valence-electron chi connectivity index (χ2n) is 14.6. The number of halogens is 2. The van der Waals surface area contributed by atoms with Gasteiger partial charge in [-0.3, -0.25) is 9.59 Å². The maximum absolute atomic E-state index is 13.9. The highest BCUT2D eigenvalue weighted by Gasteiger charge is 2.28. The van der Waals surface area contributed by atoms with E-state index in [1.54, 1.807) is 30.6 Å². The zero-order chi connectivity index (χ0) is 38.1. The molecule has 0 saturated carbocycles. The van der Waals surface area contributed by atoms with Gasteiger partial charge in [-0.1, -0.05) is 63.2 Å². The van der Waals surface area contributed by atoms with Crippen molar-refractivity contribution in [1.82, 2.24) is 18.8 Å². The van der Waals surface area contributed by atoms with Crippen molar-refractivity contribution in [3.05, 3.63) is 154 Å². The van der Waals surface area contributed by atoms with Crippen LogP contribution < -0.4 is 10.9 Å². The first-order valence-corrected chi connectivity index (χ1v) is 19.7. The van der Waals surface area contributed by atoms with Gasteiger partial charge in [0, 0.05) is 41.6 Å². The Morgan fingerprint density at radius 2 is 1.64 bits per heavy atom. The summed E-state index contributed by atoms with van der Waals surface area (Å²) in [5, 5.41) is 3.47. The average molecular weight is 755 g/mol. The molecule has 13 heteroatoms. The van der Waals surface area contributed by atoms with Crippen molar-refractivity contribution in [2.24, 2.45) is 0 Å². The van der Waals surface area contributed by atoms with E-state index in [1.165, 1.54) is 45.1 Å². The molecule has 9 nitrogen and oxygen atoms in total. The second kappa shape index (κ2) is 14.6. The van der Waals surface area contributed by atoms with Crippen LogP contribution in [-0.2, 0) is 33.1 Å². The smallest absolute Gasteiger partial charge is 0.269 e. The van der Waals surface area contributed by atoms with E-state index in [2.05, 4.69) is 26.1 Å². The Hall–Kier alpha value is -5.24. The molecule has 3 aromatic heterocycles. The van der Waals surface area contributed by atoms with Gasteiger partial charge in [-0.2, -0.15) is 0 Å². The van der Waals surface area contributed by atoms with Crippen molar-refractivity contribution in [1.29, 1.82) is 0 Å². The molecule has 6 aromatic rings. The van der Waals surface area contributed by atoms with Crippen LogP contribution in [0.2, 0.25) is 5.04 Å². The average Bonchev–Trinajstić information content (AvgIpc) is 3.52. The lowest BCUT2D eigenvalue weighted by Gasteiger charge is -2.30. The number of hydrogen-bond donors (Lipinski definition) is 1. The Morgan fingerprint density at radius 1 is 0.887 bits per heavy atom. The van der Waals surface area contributed by atoms with Crippen molar-refractivity contribution in [2.75, 3.05) is 0 Å². The summed E-state index contributed by atoms with van der Waals surface area (Å²) in [4.78, 5) is 31.2. The highest BCUT2D eigenvalue weighted by molar-refractivity contribution is 7.90. The molecule has 53 heavy (non-hydrogen) atoms. The molecule has 6 rings (SSSR count). The number of amides is 1. The number of benzene rings is 3. The van der Waals surface area contributed by atoms with Crippen molar-refractivity contribution < 1.29 is 26.4 Å². The summed E-state index contributed by atoms with van der Waals surface area (Å²) >= 11 is 0. The van der Waals surface area contributed by atoms with Crippen molar-refractivity contribution in [3.63, 3.8) is 0 Å². The first kappa shape index (κ1) is 37.5. The predicted octanol–water partition coefficient (Wildman–Crippen LogP) is 6.91. The highest BCUT2D eigenvalue weighted by atomic mass is 32.2. The third-order valence-corrected chi connectivity index (χ3v) is 12.2. The van der Waals surface area contributed by atoms with Gasteiger partial charge in [0.25, 0.3) is 21.5 Å². The molecule has 0 saturated heterocycles. The third kappa shape index (κ3) is 8.22. The number of pyridine rings is 2. The minimum Gasteiger partial charge on any atom is -0.414 e. The third-order valence-electron chi connectivity index (χ3n) is 8.77. The highest BCUT2D eigenvalue weighted by Crippen LogP contribution is 2.36. The summed E-state index contributed by atoms with van der Waals surface area (Å²) in [7, 11) is -4.95. The fraction of sp³-hybridized carbons (Fsp3) is 0.225. The van der Waals surface area contributed by atoms with E-state index in [1.807, 2.05) is 44.2 Å². The molecule has 0 aliphatic carbocycles. The van der Waals surface area contributed by atoms with E-state index in [0.717, 1.165) is 17.7 Å². The number of nitrogens with zero attached hydrogens (tertiary/aromatic N) is 3. The van der Waals surface area contributed by atoms with Crippen LogP contribution in [0.25, 0.3) is 22.2 Å². The lowest BCUT2D eigenvalue weighted by molar-refractivity contribution is 0.0948. The van der Waals surface area contributed by atoms with Gasteiger partial charge < -0.3 is 14.3 Å². The van der Waals surface area contributed by atoms with Crippen molar-refractivity contribution >= 4 is 36.7 Å². The molecule has 3 aromatic carbocycles. The number of carbonyl (C=O) groups excluding carboxylic acids is 1. The molecule has 0 bridgehead atoms. The molecular formula is C40H40F2N4O5SSi. The minimum atomic E-state index is -4.02. The number of aromatic nitrogens is 3. The van der Waals surface area contributed by atoms with Crippen LogP contribution in [-0.4, -0.2) is 37.6 Å². The summed E-state index contributed by atoms with van der Waals surface area (Å²) in [5.41, 5.74) is 2.07. The van der Waals surface area contributed by atoms with Gasteiger partial charge in [0.1, 0.15) is 5.56 Å². The zero-order valence-corrected chi connectivity index (χ0v) is 32.3. The van der Waals surface area contributed by atoms with Gasteiger partial charge in [0.2, 0.25) is 0 Å². The van der Waals surface area contributed by atoms with Crippen LogP contribution in [0.1, 0.15) is 61.7 Å². The molecule has 3 heterocycles. The van der Waals surface area contributed by atoms with E-state index in [9.17, 15) is 26.8 Å². The summed E-state index contributed by atoms with van der Waals surface area (Å²) < 4.78 is 64.0. The maximum atomic E-state index is 13.9. The summed E-state index contributed by atoms with van der Waals surface area (Å²) in [6.45, 7) is 10.4. The number of fused-ring (bicyclic) bond motifs is 1. The van der Waals surface area contributed by atoms with E-state index < -0.39 is 48.5 Å². The Bertz CT molecular complexity index is 2490. The van der Waals surface area contributed by atoms with Gasteiger partial charge in [-0.05, 0) is 84.1 Å². The molecule has 0 aliphatic rings. The minimum absolute atomic E-state index is 0.0504. The lowest BCUT2D eigenvalue weighted by Crippen LogP contribution is -2.32. The Balaban J connectivity index is 1.32. The fourth-order valence-electron chi connectivity index (χ4n) is 5.80. The maximum Gasteiger partial charge on any atom is 0.269 e. The quantitative estimate of drug-likeness (QED) is 0.144. The molecule has 1 N–H and O–H groups in total. The fourth-order valence-corrected chi connectivity index (χ4v) is 8.11. The van der Waals surface area contributed by atoms with Crippen LogP contribution in [0.4, 0.5) is 8.78 Å². The molecule has 0 radical (unpaired) electrons. The van der Waals surface area contributed by atoms with Crippen molar-refractivity contribution in [2.45, 2.75) is 63.2 Å². The summed E-state index contributed by atoms with van der Waals surface area (Å²) in [6.07, 6.45) is 4.71. The lowest BCUT2D eigenvalue weighted by atomic mass is 9.97. The molecule has 0 atom stereocenters. The van der Waals surface area contributed by atoms with E-state index in [0.29, 0.717) is 27.6 Å². The van der Waals surface area contributed by atoms with Gasteiger partial charge in [0.05, 0.1) is 17.0 Å². The van der Waals surface area contributed by atoms with Crippen LogP contribution in [0.5, 0.6) is 0 Å². The van der Waals surface area contributed by atoms with E-state index in [4.69, 9.17) is 9.41 Å². The first-order valence-electron chi connectivity index (χ1n) is 17.0. The monoisotopic (exact) mass is 754 g/mol. The Morgan fingerprint density at radius 3 is 2.36 bits per heavy atom. The zero-order valence-electron chi connectivity index (χ0n) is 30.1. The molecule has 0 unspecified atom stereocenters.